The molecule has 0 saturated heterocycles. The molecule has 6 nitrogen and oxygen atoms in total. The summed E-state index contributed by atoms with van der Waals surface area (Å²) < 4.78 is 0. The van der Waals surface area contributed by atoms with Gasteiger partial charge in [-0.3, -0.25) is 9.78 Å². The second-order valence-corrected chi connectivity index (χ2v) is 7.29. The maximum absolute atomic E-state index is 12.4. The van der Waals surface area contributed by atoms with Gasteiger partial charge in [0.1, 0.15) is 5.69 Å². The lowest BCUT2D eigenvalue weighted by Crippen LogP contribution is -2.27. The molecule has 0 atom stereocenters. The van der Waals surface area contributed by atoms with E-state index in [1.165, 1.54) is 16.5 Å². The molecule has 0 aliphatic carbocycles. The molecule has 4 rings (SSSR count). The van der Waals surface area contributed by atoms with Crippen molar-refractivity contribution in [2.24, 2.45) is 0 Å². The normalized spacial score (nSPS) is 10.8. The van der Waals surface area contributed by atoms with Gasteiger partial charge < -0.3 is 15.2 Å². The fourth-order valence-corrected chi connectivity index (χ4v) is 3.46. The Balaban J connectivity index is 1.28. The zero-order valence-corrected chi connectivity index (χ0v) is 17.0. The van der Waals surface area contributed by atoms with E-state index in [4.69, 9.17) is 0 Å². The van der Waals surface area contributed by atoms with Crippen LogP contribution in [-0.2, 0) is 12.8 Å². The fourth-order valence-electron chi connectivity index (χ4n) is 3.46. The molecule has 0 radical (unpaired) electrons. The number of likely N-dealkylation sites (N-methyl/N-ethyl adjacent to an activating group) is 1. The van der Waals surface area contributed by atoms with E-state index in [0.717, 1.165) is 30.6 Å². The van der Waals surface area contributed by atoms with Crippen molar-refractivity contribution in [1.29, 1.82) is 0 Å². The van der Waals surface area contributed by atoms with E-state index < -0.39 is 0 Å². The van der Waals surface area contributed by atoms with Crippen LogP contribution in [0.4, 0.5) is 5.69 Å². The van der Waals surface area contributed by atoms with E-state index >= 15 is 0 Å². The SMILES string of the molecule is CN(CCc1ccncc1)c1ccc(C(=O)NCCc2c[nH]c3ccccc23)nc1. The number of fused-ring (bicyclic) bond motifs is 1. The maximum atomic E-state index is 12.4. The van der Waals surface area contributed by atoms with Crippen LogP contribution in [0.1, 0.15) is 21.6 Å². The highest BCUT2D eigenvalue weighted by molar-refractivity contribution is 5.92. The molecule has 0 spiro atoms. The average Bonchev–Trinajstić information content (AvgIpc) is 3.21. The molecule has 0 bridgehead atoms. The van der Waals surface area contributed by atoms with Crippen LogP contribution in [0.5, 0.6) is 0 Å². The van der Waals surface area contributed by atoms with Crippen LogP contribution in [0.15, 0.2) is 73.3 Å². The third-order valence-corrected chi connectivity index (χ3v) is 5.26. The second-order valence-electron chi connectivity index (χ2n) is 7.29. The Bertz CT molecular complexity index is 1110. The number of rotatable bonds is 8. The highest BCUT2D eigenvalue weighted by atomic mass is 16.1. The molecule has 3 aromatic heterocycles. The van der Waals surface area contributed by atoms with Gasteiger partial charge in [-0.1, -0.05) is 18.2 Å². The monoisotopic (exact) mass is 399 g/mol. The van der Waals surface area contributed by atoms with Gasteiger partial charge in [0.2, 0.25) is 0 Å². The lowest BCUT2D eigenvalue weighted by atomic mass is 10.1. The highest BCUT2D eigenvalue weighted by Gasteiger charge is 2.09. The molecule has 3 heterocycles. The van der Waals surface area contributed by atoms with Gasteiger partial charge in [0.05, 0.1) is 11.9 Å². The van der Waals surface area contributed by atoms with Crippen molar-refractivity contribution in [2.75, 3.05) is 25.0 Å². The number of para-hydroxylation sites is 1. The Morgan fingerprint density at radius 2 is 1.90 bits per heavy atom. The quantitative estimate of drug-likeness (QED) is 0.475. The topological polar surface area (TPSA) is 73.9 Å². The minimum Gasteiger partial charge on any atom is -0.373 e. The predicted molar refractivity (Wildman–Crippen MR) is 120 cm³/mol. The van der Waals surface area contributed by atoms with Crippen LogP contribution in [0.25, 0.3) is 10.9 Å². The van der Waals surface area contributed by atoms with Crippen LogP contribution >= 0.6 is 0 Å². The van der Waals surface area contributed by atoms with E-state index in [0.29, 0.717) is 12.2 Å². The van der Waals surface area contributed by atoms with Crippen LogP contribution in [0.3, 0.4) is 0 Å². The summed E-state index contributed by atoms with van der Waals surface area (Å²) in [6.07, 6.45) is 9.07. The predicted octanol–water partition coefficient (Wildman–Crippen LogP) is 3.61. The molecule has 1 amide bonds. The largest absolute Gasteiger partial charge is 0.373 e. The first-order chi connectivity index (χ1) is 14.7. The number of anilines is 1. The Kier molecular flexibility index (Phi) is 6.03. The van der Waals surface area contributed by atoms with E-state index in [1.54, 1.807) is 12.3 Å². The molecule has 0 aliphatic heterocycles. The number of aromatic nitrogens is 3. The van der Waals surface area contributed by atoms with Gasteiger partial charge in [-0.25, -0.2) is 4.98 Å². The summed E-state index contributed by atoms with van der Waals surface area (Å²) in [6, 6.07) is 15.9. The average molecular weight is 399 g/mol. The number of carbonyl (C=O) groups excluding carboxylic acids is 1. The Hall–Kier alpha value is -3.67. The van der Waals surface area contributed by atoms with Crippen LogP contribution in [-0.4, -0.2) is 41.0 Å². The number of amides is 1. The van der Waals surface area contributed by atoms with Crippen molar-refractivity contribution >= 4 is 22.5 Å². The van der Waals surface area contributed by atoms with Gasteiger partial charge in [-0.05, 0) is 54.3 Å². The third kappa shape index (κ3) is 4.66. The standard InChI is InChI=1S/C24H25N5O/c1-29(15-11-18-8-12-25-13-9-18)20-6-7-23(28-17-20)24(30)26-14-10-19-16-27-22-5-3-2-4-21(19)22/h2-9,12-13,16-17,27H,10-11,14-15H2,1H3,(H,26,30). The molecule has 30 heavy (non-hydrogen) atoms. The number of hydrogen-bond acceptors (Lipinski definition) is 4. The highest BCUT2D eigenvalue weighted by Crippen LogP contribution is 2.18. The molecular weight excluding hydrogens is 374 g/mol. The van der Waals surface area contributed by atoms with Gasteiger partial charge in [0, 0.05) is 49.6 Å². The van der Waals surface area contributed by atoms with Gasteiger partial charge in [0.25, 0.3) is 5.91 Å². The maximum Gasteiger partial charge on any atom is 0.269 e. The molecule has 6 heteroatoms. The zero-order valence-electron chi connectivity index (χ0n) is 17.0. The number of hydrogen-bond donors (Lipinski definition) is 2. The summed E-state index contributed by atoms with van der Waals surface area (Å²) >= 11 is 0. The van der Waals surface area contributed by atoms with E-state index in [2.05, 4.69) is 37.3 Å². The minimum absolute atomic E-state index is 0.152. The van der Waals surface area contributed by atoms with Crippen molar-refractivity contribution < 1.29 is 4.79 Å². The van der Waals surface area contributed by atoms with E-state index in [9.17, 15) is 4.79 Å². The van der Waals surface area contributed by atoms with Crippen molar-refractivity contribution in [3.63, 3.8) is 0 Å². The summed E-state index contributed by atoms with van der Waals surface area (Å²) in [5.41, 5.74) is 4.98. The summed E-state index contributed by atoms with van der Waals surface area (Å²) in [5, 5.41) is 4.16. The van der Waals surface area contributed by atoms with E-state index in [-0.39, 0.29) is 5.91 Å². The molecule has 0 saturated carbocycles. The Morgan fingerprint density at radius 1 is 1.07 bits per heavy atom. The first-order valence-corrected chi connectivity index (χ1v) is 10.1. The van der Waals surface area contributed by atoms with Gasteiger partial charge in [0.15, 0.2) is 0 Å². The lowest BCUT2D eigenvalue weighted by molar-refractivity contribution is 0.0949. The first kappa shape index (κ1) is 19.6. The van der Waals surface area contributed by atoms with Crippen LogP contribution in [0.2, 0.25) is 0 Å². The molecule has 2 N–H and O–H groups in total. The minimum atomic E-state index is -0.152. The number of carbonyl (C=O) groups is 1. The lowest BCUT2D eigenvalue weighted by Gasteiger charge is -2.19. The first-order valence-electron chi connectivity index (χ1n) is 10.1. The van der Waals surface area contributed by atoms with Gasteiger partial charge >= 0.3 is 0 Å². The number of nitrogens with zero attached hydrogens (tertiary/aromatic N) is 3. The van der Waals surface area contributed by atoms with Crippen molar-refractivity contribution in [3.8, 4) is 0 Å². The fraction of sp³-hybridized carbons (Fsp3) is 0.208. The summed E-state index contributed by atoms with van der Waals surface area (Å²) in [6.45, 7) is 1.43. The Labute approximate surface area is 176 Å². The number of benzene rings is 1. The summed E-state index contributed by atoms with van der Waals surface area (Å²) in [4.78, 5) is 26.2. The number of nitrogens with one attached hydrogen (secondary N) is 2. The Morgan fingerprint density at radius 3 is 2.70 bits per heavy atom. The second kappa shape index (κ2) is 9.22. The molecule has 0 unspecified atom stereocenters. The summed E-state index contributed by atoms with van der Waals surface area (Å²) in [5.74, 6) is -0.152. The van der Waals surface area contributed by atoms with Crippen LogP contribution in [0, 0.1) is 0 Å². The molecular formula is C24H25N5O. The van der Waals surface area contributed by atoms with Crippen LogP contribution < -0.4 is 10.2 Å². The van der Waals surface area contributed by atoms with E-state index in [1.807, 2.05) is 56.0 Å². The van der Waals surface area contributed by atoms with Crippen molar-refractivity contribution in [1.82, 2.24) is 20.3 Å². The molecule has 0 fully saturated rings. The number of aromatic amines is 1. The third-order valence-electron chi connectivity index (χ3n) is 5.26. The molecule has 152 valence electrons. The molecule has 1 aromatic carbocycles. The van der Waals surface area contributed by atoms with Gasteiger partial charge in [-0.15, -0.1) is 0 Å². The number of pyridine rings is 2. The number of H-pyrrole nitrogens is 1. The molecule has 0 aliphatic rings. The smallest absolute Gasteiger partial charge is 0.269 e. The molecule has 4 aromatic rings. The zero-order chi connectivity index (χ0) is 20.8. The summed E-state index contributed by atoms with van der Waals surface area (Å²) in [7, 11) is 2.03. The van der Waals surface area contributed by atoms with Crippen molar-refractivity contribution in [3.05, 3.63) is 90.1 Å². The van der Waals surface area contributed by atoms with Gasteiger partial charge in [-0.2, -0.15) is 0 Å². The van der Waals surface area contributed by atoms with Crippen molar-refractivity contribution in [2.45, 2.75) is 12.8 Å².